The lowest BCUT2D eigenvalue weighted by Crippen LogP contribution is -2.09. The number of hydrogen-bond acceptors (Lipinski definition) is 5. The van der Waals surface area contributed by atoms with Gasteiger partial charge in [-0.05, 0) is 12.0 Å². The average Bonchev–Trinajstić information content (AvgIpc) is 2.97. The average molecular weight is 322 g/mol. The van der Waals surface area contributed by atoms with E-state index in [1.165, 1.54) is 6.20 Å². The molecule has 0 aromatic carbocycles. The zero-order valence-corrected chi connectivity index (χ0v) is 12.1. The Morgan fingerprint density at radius 3 is 2.70 bits per heavy atom. The van der Waals surface area contributed by atoms with E-state index in [0.717, 1.165) is 24.6 Å². The molecule has 0 bridgehead atoms. The molecule has 0 unspecified atom stereocenters. The second-order valence-electron chi connectivity index (χ2n) is 5.02. The van der Waals surface area contributed by atoms with Gasteiger partial charge >= 0.3 is 6.18 Å². The summed E-state index contributed by atoms with van der Waals surface area (Å²) >= 11 is 0. The lowest BCUT2D eigenvalue weighted by molar-refractivity contribution is -0.140. The second kappa shape index (κ2) is 5.49. The molecule has 0 aliphatic heterocycles. The highest BCUT2D eigenvalue weighted by molar-refractivity contribution is 5.91. The van der Waals surface area contributed by atoms with Gasteiger partial charge in [0.25, 0.3) is 0 Å². The van der Waals surface area contributed by atoms with Crippen molar-refractivity contribution in [2.45, 2.75) is 25.9 Å². The van der Waals surface area contributed by atoms with Gasteiger partial charge in [-0.1, -0.05) is 13.3 Å². The number of fused-ring (bicyclic) bond motifs is 1. The summed E-state index contributed by atoms with van der Waals surface area (Å²) in [6, 6.07) is 0. The molecule has 0 atom stereocenters. The number of alkyl halides is 3. The molecule has 23 heavy (non-hydrogen) atoms. The third-order valence-corrected chi connectivity index (χ3v) is 3.38. The lowest BCUT2D eigenvalue weighted by atomic mass is 10.1. The van der Waals surface area contributed by atoms with E-state index in [1.54, 1.807) is 6.20 Å². The maximum absolute atomic E-state index is 13.0. The fourth-order valence-electron chi connectivity index (χ4n) is 2.44. The predicted octanol–water partition coefficient (Wildman–Crippen LogP) is 2.97. The number of anilines is 1. The first-order valence-electron chi connectivity index (χ1n) is 6.93. The van der Waals surface area contributed by atoms with Gasteiger partial charge in [0.15, 0.2) is 11.5 Å². The first-order valence-corrected chi connectivity index (χ1v) is 6.93. The van der Waals surface area contributed by atoms with E-state index in [1.807, 2.05) is 6.92 Å². The molecular formula is C14H13F3N6. The van der Waals surface area contributed by atoms with Gasteiger partial charge in [0, 0.05) is 17.8 Å². The van der Waals surface area contributed by atoms with Crippen molar-refractivity contribution in [2.24, 2.45) is 0 Å². The number of nitrogens with two attached hydrogens (primary N) is 1. The van der Waals surface area contributed by atoms with E-state index in [-0.39, 0.29) is 17.2 Å². The number of aromatic nitrogens is 5. The van der Waals surface area contributed by atoms with Crippen LogP contribution in [0.2, 0.25) is 0 Å². The van der Waals surface area contributed by atoms with Gasteiger partial charge in [-0.15, -0.1) is 0 Å². The summed E-state index contributed by atoms with van der Waals surface area (Å²) in [5, 5.41) is 6.06. The molecule has 0 spiro atoms. The highest BCUT2D eigenvalue weighted by Gasteiger charge is 2.37. The largest absolute Gasteiger partial charge is 0.435 e. The normalized spacial score (nSPS) is 12.0. The molecule has 3 aromatic rings. The molecule has 0 radical (unpaired) electrons. The second-order valence-corrected chi connectivity index (χ2v) is 5.02. The van der Waals surface area contributed by atoms with Crippen LogP contribution in [-0.2, 0) is 12.6 Å². The number of nitrogens with zero attached hydrogens (tertiary/aromatic N) is 4. The van der Waals surface area contributed by atoms with Crippen LogP contribution in [0.4, 0.5) is 19.0 Å². The minimum atomic E-state index is -4.61. The summed E-state index contributed by atoms with van der Waals surface area (Å²) in [5.41, 5.74) is 5.93. The number of halogens is 3. The fourth-order valence-corrected chi connectivity index (χ4v) is 2.44. The first kappa shape index (κ1) is 15.2. The van der Waals surface area contributed by atoms with Gasteiger partial charge in [-0.25, -0.2) is 9.97 Å². The Morgan fingerprint density at radius 2 is 2.00 bits per heavy atom. The number of nitrogen functional groups attached to an aromatic ring is 1. The first-order chi connectivity index (χ1) is 10.9. The van der Waals surface area contributed by atoms with E-state index in [0.29, 0.717) is 10.9 Å². The van der Waals surface area contributed by atoms with Crippen LogP contribution in [0.1, 0.15) is 24.6 Å². The molecular weight excluding hydrogens is 309 g/mol. The molecule has 3 rings (SSSR count). The van der Waals surface area contributed by atoms with Crippen molar-refractivity contribution in [1.82, 2.24) is 25.1 Å². The van der Waals surface area contributed by atoms with Gasteiger partial charge in [0.05, 0.1) is 17.3 Å². The zero-order valence-electron chi connectivity index (χ0n) is 12.1. The van der Waals surface area contributed by atoms with Crippen molar-refractivity contribution in [1.29, 1.82) is 0 Å². The van der Waals surface area contributed by atoms with Crippen LogP contribution in [0.3, 0.4) is 0 Å². The minimum Gasteiger partial charge on any atom is -0.383 e. The Balaban J connectivity index is 2.20. The third kappa shape index (κ3) is 2.69. The molecule has 0 saturated heterocycles. The number of aromatic amines is 1. The molecule has 3 aromatic heterocycles. The van der Waals surface area contributed by atoms with E-state index >= 15 is 0 Å². The summed E-state index contributed by atoms with van der Waals surface area (Å²) in [6.07, 6.45) is 1.24. The number of rotatable bonds is 3. The van der Waals surface area contributed by atoms with Crippen molar-refractivity contribution >= 4 is 16.7 Å². The minimum absolute atomic E-state index is 0.130. The molecule has 120 valence electrons. The molecule has 0 aliphatic rings. The number of hydrogen-bond donors (Lipinski definition) is 2. The molecule has 0 fully saturated rings. The highest BCUT2D eigenvalue weighted by atomic mass is 19.4. The maximum Gasteiger partial charge on any atom is 0.435 e. The monoisotopic (exact) mass is 322 g/mol. The maximum atomic E-state index is 13.0. The summed E-state index contributed by atoms with van der Waals surface area (Å²) in [6.45, 7) is 2.01. The van der Waals surface area contributed by atoms with Gasteiger partial charge in [-0.2, -0.15) is 18.3 Å². The summed E-state index contributed by atoms with van der Waals surface area (Å²) in [4.78, 5) is 12.3. The van der Waals surface area contributed by atoms with E-state index in [2.05, 4.69) is 25.1 Å². The van der Waals surface area contributed by atoms with Gasteiger partial charge in [-0.3, -0.25) is 10.1 Å². The number of aryl methyl sites for hydroxylation is 1. The SMILES string of the molecule is CCCc1cncc2nc(-c3c[nH]nc3C(F)(F)F)nc(N)c12. The number of H-pyrrole nitrogens is 1. The zero-order chi connectivity index (χ0) is 16.6. The molecule has 0 saturated carbocycles. The van der Waals surface area contributed by atoms with Crippen LogP contribution in [0.15, 0.2) is 18.6 Å². The van der Waals surface area contributed by atoms with Crippen molar-refractivity contribution in [3.8, 4) is 11.4 Å². The van der Waals surface area contributed by atoms with Crippen LogP contribution in [0.25, 0.3) is 22.3 Å². The van der Waals surface area contributed by atoms with Crippen LogP contribution in [0, 0.1) is 0 Å². The van der Waals surface area contributed by atoms with Crippen LogP contribution < -0.4 is 5.73 Å². The van der Waals surface area contributed by atoms with Crippen LogP contribution in [0.5, 0.6) is 0 Å². The molecule has 6 nitrogen and oxygen atoms in total. The number of nitrogens with one attached hydrogen (secondary N) is 1. The highest BCUT2D eigenvalue weighted by Crippen LogP contribution is 2.35. The molecule has 0 aliphatic carbocycles. The Labute approximate surface area is 129 Å². The predicted molar refractivity (Wildman–Crippen MR) is 78.3 cm³/mol. The molecule has 9 heteroatoms. The summed E-state index contributed by atoms with van der Waals surface area (Å²) in [7, 11) is 0. The topological polar surface area (TPSA) is 93.4 Å². The van der Waals surface area contributed by atoms with Gasteiger partial charge in [0.2, 0.25) is 0 Å². The van der Waals surface area contributed by atoms with Crippen molar-refractivity contribution in [2.75, 3.05) is 5.73 Å². The smallest absolute Gasteiger partial charge is 0.383 e. The van der Waals surface area contributed by atoms with E-state index in [4.69, 9.17) is 5.73 Å². The van der Waals surface area contributed by atoms with Crippen molar-refractivity contribution in [3.05, 3.63) is 29.8 Å². The van der Waals surface area contributed by atoms with E-state index in [9.17, 15) is 13.2 Å². The van der Waals surface area contributed by atoms with E-state index < -0.39 is 11.9 Å². The van der Waals surface area contributed by atoms with Crippen molar-refractivity contribution < 1.29 is 13.2 Å². The Kier molecular flexibility index (Phi) is 3.63. The van der Waals surface area contributed by atoms with Crippen LogP contribution in [-0.4, -0.2) is 25.1 Å². The lowest BCUT2D eigenvalue weighted by Gasteiger charge is -2.10. The molecule has 3 N–H and O–H groups in total. The van der Waals surface area contributed by atoms with Crippen LogP contribution >= 0.6 is 0 Å². The van der Waals surface area contributed by atoms with Crippen molar-refractivity contribution in [3.63, 3.8) is 0 Å². The van der Waals surface area contributed by atoms with Gasteiger partial charge in [0.1, 0.15) is 5.82 Å². The standard InChI is InChI=1S/C14H13F3N6/c1-2-3-7-4-19-6-9-10(7)12(18)22-13(21-9)8-5-20-23-11(8)14(15,16)17/h4-6H,2-3H2,1H3,(H,20,23)(H2,18,21,22). The fraction of sp³-hybridized carbons (Fsp3) is 0.286. The Morgan fingerprint density at radius 1 is 1.22 bits per heavy atom. The summed E-state index contributed by atoms with van der Waals surface area (Å²) < 4.78 is 38.9. The Bertz CT molecular complexity index is 855. The quantitative estimate of drug-likeness (QED) is 0.773. The van der Waals surface area contributed by atoms with Gasteiger partial charge < -0.3 is 5.73 Å². The molecule has 3 heterocycles. The molecule has 0 amide bonds. The summed E-state index contributed by atoms with van der Waals surface area (Å²) in [5.74, 6) is -0.00306. The number of pyridine rings is 1. The Hall–Kier alpha value is -2.71. The third-order valence-electron chi connectivity index (χ3n) is 3.38.